The molecule has 7 rings (SSSR count). The highest BCUT2D eigenvalue weighted by atomic mass is 16.6. The van der Waals surface area contributed by atoms with E-state index in [1.54, 1.807) is 17.4 Å². The predicted molar refractivity (Wildman–Crippen MR) is 128 cm³/mol. The van der Waals surface area contributed by atoms with Crippen LogP contribution < -0.4 is 10.8 Å². The highest BCUT2D eigenvalue weighted by Gasteiger charge is 2.41. The van der Waals surface area contributed by atoms with Crippen molar-refractivity contribution in [2.75, 3.05) is 6.54 Å². The number of rotatable bonds is 0. The van der Waals surface area contributed by atoms with Crippen LogP contribution in [0.25, 0.3) is 21.5 Å². The van der Waals surface area contributed by atoms with Crippen molar-refractivity contribution >= 4 is 21.5 Å². The van der Waals surface area contributed by atoms with Crippen LogP contribution in [-0.2, 0) is 17.7 Å². The molecule has 31 heavy (non-hydrogen) atoms. The van der Waals surface area contributed by atoms with Crippen molar-refractivity contribution in [1.29, 1.82) is 0 Å². The quantitative estimate of drug-likeness (QED) is 0.467. The first kappa shape index (κ1) is 19.3. The Hall–Kier alpha value is -2.36. The van der Waals surface area contributed by atoms with E-state index in [0.29, 0.717) is 18.0 Å². The minimum atomic E-state index is 0.539. The van der Waals surface area contributed by atoms with Crippen molar-refractivity contribution in [2.24, 2.45) is 11.8 Å². The van der Waals surface area contributed by atoms with Gasteiger partial charge in [0, 0.05) is 12.0 Å². The van der Waals surface area contributed by atoms with Gasteiger partial charge in [-0.2, -0.15) is 5.48 Å². The van der Waals surface area contributed by atoms with E-state index in [2.05, 4.69) is 65.4 Å². The molecule has 3 nitrogen and oxygen atoms in total. The van der Waals surface area contributed by atoms with Crippen LogP contribution in [-0.4, -0.2) is 18.6 Å². The van der Waals surface area contributed by atoms with Gasteiger partial charge in [0.2, 0.25) is 0 Å². The first-order valence-electron chi connectivity index (χ1n) is 12.1. The van der Waals surface area contributed by atoms with E-state index in [4.69, 9.17) is 4.84 Å². The van der Waals surface area contributed by atoms with Crippen molar-refractivity contribution in [1.82, 2.24) is 10.8 Å². The first-order valence-corrected chi connectivity index (χ1v) is 12.1. The Bertz CT molecular complexity index is 1120. The summed E-state index contributed by atoms with van der Waals surface area (Å²) < 4.78 is 0. The second-order valence-corrected chi connectivity index (χ2v) is 9.65. The molecule has 4 unspecified atom stereocenters. The van der Waals surface area contributed by atoms with Gasteiger partial charge in [-0.1, -0.05) is 48.5 Å². The third kappa shape index (κ3) is 3.54. The maximum Gasteiger partial charge on any atom is 0.107 e. The fraction of sp³-hybridized carbons (Fsp3) is 0.429. The summed E-state index contributed by atoms with van der Waals surface area (Å²) >= 11 is 0. The molecule has 2 heterocycles. The average molecular weight is 413 g/mol. The summed E-state index contributed by atoms with van der Waals surface area (Å²) in [5.41, 5.74) is 6.28. The normalized spacial score (nSPS) is 28.8. The summed E-state index contributed by atoms with van der Waals surface area (Å²) in [6.45, 7) is 1.20. The highest BCUT2D eigenvalue weighted by Crippen LogP contribution is 2.37. The van der Waals surface area contributed by atoms with Gasteiger partial charge >= 0.3 is 0 Å². The zero-order chi connectivity index (χ0) is 20.6. The van der Waals surface area contributed by atoms with Gasteiger partial charge in [-0.15, -0.1) is 0 Å². The van der Waals surface area contributed by atoms with Crippen LogP contribution >= 0.6 is 0 Å². The van der Waals surface area contributed by atoms with Crippen LogP contribution in [0.15, 0.2) is 60.9 Å². The van der Waals surface area contributed by atoms with Gasteiger partial charge < -0.3 is 10.2 Å². The lowest BCUT2D eigenvalue weighted by atomic mass is 9.74. The SMILES string of the molecule is C1=CC2C(CCC3CCNC32)NO1.c1ccc2c(c1)ccc1c3c(ccc12)CCCC3. The number of benzene rings is 3. The van der Waals surface area contributed by atoms with Crippen LogP contribution in [0.5, 0.6) is 0 Å². The predicted octanol–water partition coefficient (Wildman–Crippen LogP) is 5.66. The van der Waals surface area contributed by atoms with Crippen LogP contribution in [0, 0.1) is 11.8 Å². The molecule has 2 aliphatic heterocycles. The molecular formula is C28H32N2O. The smallest absolute Gasteiger partial charge is 0.107 e. The molecular weight excluding hydrogens is 380 g/mol. The molecule has 2 aliphatic carbocycles. The monoisotopic (exact) mass is 412 g/mol. The zero-order valence-corrected chi connectivity index (χ0v) is 18.1. The van der Waals surface area contributed by atoms with E-state index in [0.717, 1.165) is 5.92 Å². The van der Waals surface area contributed by atoms with Crippen molar-refractivity contribution in [3.63, 3.8) is 0 Å². The average Bonchev–Trinajstić information content (AvgIpc) is 3.34. The molecule has 4 atom stereocenters. The number of fused-ring (bicyclic) bond motifs is 8. The van der Waals surface area contributed by atoms with Crippen LogP contribution in [0.1, 0.15) is 43.2 Å². The third-order valence-electron chi connectivity index (χ3n) is 7.98. The van der Waals surface area contributed by atoms with Gasteiger partial charge in [-0.05, 0) is 96.2 Å². The molecule has 3 aromatic rings. The number of hydrogen-bond donors (Lipinski definition) is 2. The van der Waals surface area contributed by atoms with Crippen molar-refractivity contribution in [3.05, 3.63) is 72.0 Å². The molecule has 2 N–H and O–H groups in total. The van der Waals surface area contributed by atoms with Gasteiger partial charge in [0.05, 0.1) is 6.04 Å². The van der Waals surface area contributed by atoms with Crippen LogP contribution in [0.2, 0.25) is 0 Å². The van der Waals surface area contributed by atoms with Gasteiger partial charge in [-0.3, -0.25) is 0 Å². The summed E-state index contributed by atoms with van der Waals surface area (Å²) in [6.07, 6.45) is 13.2. The summed E-state index contributed by atoms with van der Waals surface area (Å²) in [6, 6.07) is 19.2. The van der Waals surface area contributed by atoms with Crippen LogP contribution in [0.4, 0.5) is 0 Å². The van der Waals surface area contributed by atoms with E-state index < -0.39 is 0 Å². The second kappa shape index (κ2) is 8.29. The molecule has 0 aromatic heterocycles. The Labute approximate surface area is 184 Å². The number of hydroxylamine groups is 1. The Balaban J connectivity index is 0.000000126. The maximum atomic E-state index is 5.13. The summed E-state index contributed by atoms with van der Waals surface area (Å²) in [4.78, 5) is 5.13. The minimum Gasteiger partial charge on any atom is -0.417 e. The van der Waals surface area contributed by atoms with E-state index in [-0.39, 0.29) is 0 Å². The Morgan fingerprint density at radius 2 is 1.71 bits per heavy atom. The lowest BCUT2D eigenvalue weighted by Gasteiger charge is -2.39. The molecule has 0 amide bonds. The lowest BCUT2D eigenvalue weighted by molar-refractivity contribution is 0.0312. The Morgan fingerprint density at radius 3 is 2.71 bits per heavy atom. The molecule has 160 valence electrons. The third-order valence-corrected chi connectivity index (χ3v) is 7.98. The molecule has 1 saturated carbocycles. The zero-order valence-electron chi connectivity index (χ0n) is 18.1. The fourth-order valence-corrected chi connectivity index (χ4v) is 6.38. The molecule has 3 aromatic carbocycles. The summed E-state index contributed by atoms with van der Waals surface area (Å²) in [5, 5.41) is 9.25. The van der Waals surface area contributed by atoms with E-state index in [9.17, 15) is 0 Å². The van der Waals surface area contributed by atoms with Gasteiger partial charge in [0.15, 0.2) is 0 Å². The molecule has 2 fully saturated rings. The maximum absolute atomic E-state index is 5.13. The van der Waals surface area contributed by atoms with Gasteiger partial charge in [0.25, 0.3) is 0 Å². The standard InChI is InChI=1S/C18H16.C10H16N2O/c1-3-7-15-13(5-1)9-11-18-16-8-4-2-6-14(16)10-12-17(15)18;1-2-9-8(4-6-13-12-9)10-7(1)3-5-11-10/h1,3,5,7,9-12H,2,4,6,8H2;4,6-12H,1-3,5H2. The van der Waals surface area contributed by atoms with Crippen molar-refractivity contribution < 1.29 is 4.84 Å². The molecule has 4 aliphatic rings. The topological polar surface area (TPSA) is 33.3 Å². The van der Waals surface area contributed by atoms with Gasteiger partial charge in [-0.25, -0.2) is 0 Å². The number of aryl methyl sites for hydroxylation is 2. The Kier molecular flexibility index (Phi) is 5.17. The molecule has 3 heteroatoms. The van der Waals surface area contributed by atoms with E-state index in [1.165, 1.54) is 73.0 Å². The van der Waals surface area contributed by atoms with Crippen molar-refractivity contribution in [2.45, 2.75) is 57.0 Å². The molecule has 0 radical (unpaired) electrons. The second-order valence-electron chi connectivity index (χ2n) is 9.65. The van der Waals surface area contributed by atoms with Crippen molar-refractivity contribution in [3.8, 4) is 0 Å². The largest absolute Gasteiger partial charge is 0.417 e. The van der Waals surface area contributed by atoms with E-state index in [1.807, 2.05) is 0 Å². The lowest BCUT2D eigenvalue weighted by Crippen LogP contribution is -2.51. The molecule has 0 bridgehead atoms. The highest BCUT2D eigenvalue weighted by molar-refractivity contribution is 6.08. The summed E-state index contributed by atoms with van der Waals surface area (Å²) in [5.74, 6) is 1.56. The number of hydrogen-bond acceptors (Lipinski definition) is 3. The molecule has 0 spiro atoms. The minimum absolute atomic E-state index is 0.539. The molecule has 1 saturated heterocycles. The van der Waals surface area contributed by atoms with Crippen LogP contribution in [0.3, 0.4) is 0 Å². The Morgan fingerprint density at radius 1 is 0.806 bits per heavy atom. The first-order chi connectivity index (χ1) is 15.4. The number of nitrogens with one attached hydrogen (secondary N) is 2. The van der Waals surface area contributed by atoms with Gasteiger partial charge in [0.1, 0.15) is 6.26 Å². The fourth-order valence-electron chi connectivity index (χ4n) is 6.38. The van der Waals surface area contributed by atoms with E-state index >= 15 is 0 Å². The summed E-state index contributed by atoms with van der Waals surface area (Å²) in [7, 11) is 0.